The first-order valence-corrected chi connectivity index (χ1v) is 10.5. The molecule has 0 unspecified atom stereocenters. The van der Waals surface area contributed by atoms with Crippen molar-refractivity contribution in [2.24, 2.45) is 0 Å². The lowest BCUT2D eigenvalue weighted by atomic mass is 10.1. The summed E-state index contributed by atoms with van der Waals surface area (Å²) in [5.74, 6) is -0.895. The predicted molar refractivity (Wildman–Crippen MR) is 119 cm³/mol. The number of carbonyl (C=O) groups excluding carboxylic acids is 4. The third-order valence-electron chi connectivity index (χ3n) is 5.47. The molecule has 172 valence electrons. The van der Waals surface area contributed by atoms with Gasteiger partial charge in [0, 0.05) is 25.0 Å². The molecular weight excluding hydrogens is 428 g/mol. The number of nitrogens with one attached hydrogen (secondary N) is 2. The monoisotopic (exact) mass is 452 g/mol. The highest BCUT2D eigenvalue weighted by Gasteiger charge is 2.33. The molecule has 33 heavy (non-hydrogen) atoms. The molecule has 0 spiro atoms. The fraction of sp³-hybridized carbons (Fsp3) is 0.304. The molecule has 2 saturated heterocycles. The molecule has 2 aliphatic heterocycles. The molecule has 10 nitrogen and oxygen atoms in total. The average molecular weight is 452 g/mol. The van der Waals surface area contributed by atoms with E-state index in [1.165, 1.54) is 11.9 Å². The van der Waals surface area contributed by atoms with Crippen LogP contribution in [0.15, 0.2) is 48.5 Å². The summed E-state index contributed by atoms with van der Waals surface area (Å²) in [6.45, 7) is 1.37. The summed E-state index contributed by atoms with van der Waals surface area (Å²) in [4.78, 5) is 52.1. The second-order valence-electron chi connectivity index (χ2n) is 7.57. The number of morpholine rings is 1. The summed E-state index contributed by atoms with van der Waals surface area (Å²) in [5.41, 5.74) is 1.87. The summed E-state index contributed by atoms with van der Waals surface area (Å²) in [6.07, 6.45) is -1.07. The fourth-order valence-corrected chi connectivity index (χ4v) is 3.76. The van der Waals surface area contributed by atoms with E-state index in [2.05, 4.69) is 10.6 Å². The lowest BCUT2D eigenvalue weighted by Crippen LogP contribution is -2.41. The topological polar surface area (TPSA) is 117 Å². The van der Waals surface area contributed by atoms with Gasteiger partial charge in [0.15, 0.2) is 0 Å². The number of amides is 4. The number of benzene rings is 2. The summed E-state index contributed by atoms with van der Waals surface area (Å²) in [7, 11) is 1.49. The Balaban J connectivity index is 1.37. The van der Waals surface area contributed by atoms with Crippen LogP contribution in [0.5, 0.6) is 0 Å². The number of rotatable bonds is 6. The second kappa shape index (κ2) is 9.70. The van der Waals surface area contributed by atoms with Gasteiger partial charge in [-0.2, -0.15) is 0 Å². The first-order valence-electron chi connectivity index (χ1n) is 10.5. The maximum Gasteiger partial charge on any atom is 0.414 e. The highest BCUT2D eigenvalue weighted by Crippen LogP contribution is 2.25. The van der Waals surface area contributed by atoms with Crippen molar-refractivity contribution < 1.29 is 28.7 Å². The van der Waals surface area contributed by atoms with Crippen molar-refractivity contribution in [3.63, 3.8) is 0 Å². The van der Waals surface area contributed by atoms with E-state index >= 15 is 0 Å². The Bertz CT molecular complexity index is 1070. The van der Waals surface area contributed by atoms with Gasteiger partial charge < -0.3 is 25.0 Å². The summed E-state index contributed by atoms with van der Waals surface area (Å²) in [6, 6.07) is 13.5. The molecule has 2 aromatic carbocycles. The molecular formula is C23H24N4O6. The van der Waals surface area contributed by atoms with Crippen LogP contribution in [0.3, 0.4) is 0 Å². The van der Waals surface area contributed by atoms with Crippen LogP contribution < -0.4 is 20.4 Å². The fourth-order valence-electron chi connectivity index (χ4n) is 3.76. The van der Waals surface area contributed by atoms with E-state index < -0.39 is 18.1 Å². The minimum absolute atomic E-state index is 0.0567. The lowest BCUT2D eigenvalue weighted by molar-refractivity contribution is -0.125. The van der Waals surface area contributed by atoms with Gasteiger partial charge in [-0.1, -0.05) is 12.1 Å². The van der Waals surface area contributed by atoms with Gasteiger partial charge in [0.1, 0.15) is 12.7 Å². The first-order chi connectivity index (χ1) is 16.0. The third kappa shape index (κ3) is 4.80. The number of anilines is 2. The number of ether oxygens (including phenoxy) is 2. The number of carbonyl (C=O) groups is 4. The van der Waals surface area contributed by atoms with Gasteiger partial charge in [-0.05, 0) is 36.4 Å². The minimum atomic E-state index is -0.547. The zero-order chi connectivity index (χ0) is 23.4. The Morgan fingerprint density at radius 1 is 0.970 bits per heavy atom. The Labute approximate surface area is 190 Å². The van der Waals surface area contributed by atoms with Gasteiger partial charge in [-0.15, -0.1) is 0 Å². The van der Waals surface area contributed by atoms with Crippen LogP contribution in [-0.2, 0) is 14.3 Å². The summed E-state index contributed by atoms with van der Waals surface area (Å²) < 4.78 is 10.5. The SMILES string of the molecule is CNC(=O)c1ccccc1C(=O)NC[C@H]1CN(c2ccc(N3CCOCC3=O)cc2)C(=O)O1. The number of hydrogen-bond donors (Lipinski definition) is 2. The van der Waals surface area contributed by atoms with Crippen LogP contribution in [0, 0.1) is 0 Å². The molecule has 2 aliphatic rings. The minimum Gasteiger partial charge on any atom is -0.442 e. The van der Waals surface area contributed by atoms with Crippen molar-refractivity contribution in [2.45, 2.75) is 6.10 Å². The molecule has 2 heterocycles. The van der Waals surface area contributed by atoms with Crippen LogP contribution in [0.1, 0.15) is 20.7 Å². The number of hydrogen-bond acceptors (Lipinski definition) is 6. The maximum atomic E-state index is 12.6. The van der Waals surface area contributed by atoms with E-state index in [1.54, 1.807) is 53.4 Å². The van der Waals surface area contributed by atoms with Crippen molar-refractivity contribution in [2.75, 3.05) is 49.7 Å². The predicted octanol–water partition coefficient (Wildman–Crippen LogP) is 1.16. The molecule has 0 aromatic heterocycles. The van der Waals surface area contributed by atoms with Gasteiger partial charge in [0.25, 0.3) is 17.7 Å². The Hall–Kier alpha value is -3.92. The molecule has 2 aromatic rings. The van der Waals surface area contributed by atoms with E-state index in [0.717, 1.165) is 5.69 Å². The number of nitrogens with zero attached hydrogens (tertiary/aromatic N) is 2. The molecule has 0 saturated carbocycles. The highest BCUT2D eigenvalue weighted by atomic mass is 16.6. The molecule has 0 radical (unpaired) electrons. The average Bonchev–Trinajstić information content (AvgIpc) is 3.23. The van der Waals surface area contributed by atoms with Crippen molar-refractivity contribution in [1.29, 1.82) is 0 Å². The Morgan fingerprint density at radius 2 is 1.61 bits per heavy atom. The zero-order valence-electron chi connectivity index (χ0n) is 18.1. The summed E-state index contributed by atoms with van der Waals surface area (Å²) in [5, 5.41) is 5.24. The van der Waals surface area contributed by atoms with Crippen LogP contribution in [0.4, 0.5) is 16.2 Å². The molecule has 2 N–H and O–H groups in total. The molecule has 2 fully saturated rings. The van der Waals surface area contributed by atoms with Crippen molar-refractivity contribution in [3.05, 3.63) is 59.7 Å². The van der Waals surface area contributed by atoms with Crippen molar-refractivity contribution in [1.82, 2.24) is 10.6 Å². The highest BCUT2D eigenvalue weighted by molar-refractivity contribution is 6.07. The van der Waals surface area contributed by atoms with Gasteiger partial charge in [0.2, 0.25) is 0 Å². The largest absolute Gasteiger partial charge is 0.442 e. The molecule has 0 bridgehead atoms. The van der Waals surface area contributed by atoms with E-state index in [1.807, 2.05) is 0 Å². The zero-order valence-corrected chi connectivity index (χ0v) is 18.1. The first kappa shape index (κ1) is 22.3. The molecule has 10 heteroatoms. The van der Waals surface area contributed by atoms with Crippen LogP contribution in [-0.4, -0.2) is 69.8 Å². The quantitative estimate of drug-likeness (QED) is 0.680. The van der Waals surface area contributed by atoms with Gasteiger partial charge in [0.05, 0.1) is 30.8 Å². The maximum absolute atomic E-state index is 12.6. The number of cyclic esters (lactones) is 1. The normalized spacial score (nSPS) is 18.2. The second-order valence-corrected chi connectivity index (χ2v) is 7.57. The smallest absolute Gasteiger partial charge is 0.414 e. The standard InChI is InChI=1S/C23H24N4O6/c1-24-21(29)18-4-2-3-5-19(18)22(30)25-12-17-13-27(23(31)33-17)16-8-6-15(7-9-16)26-10-11-32-14-20(26)28/h2-9,17H,10-14H2,1H3,(H,24,29)(H,25,30)/t17-/m0/s1. The molecule has 4 amide bonds. The summed E-state index contributed by atoms with van der Waals surface area (Å²) >= 11 is 0. The van der Waals surface area contributed by atoms with Crippen molar-refractivity contribution >= 4 is 35.2 Å². The van der Waals surface area contributed by atoms with Gasteiger partial charge >= 0.3 is 6.09 Å². The van der Waals surface area contributed by atoms with E-state index in [-0.39, 0.29) is 42.6 Å². The van der Waals surface area contributed by atoms with Crippen molar-refractivity contribution in [3.8, 4) is 0 Å². The van der Waals surface area contributed by atoms with Gasteiger partial charge in [-0.3, -0.25) is 19.3 Å². The van der Waals surface area contributed by atoms with E-state index in [0.29, 0.717) is 18.8 Å². The van der Waals surface area contributed by atoms with Gasteiger partial charge in [-0.25, -0.2) is 4.79 Å². The Morgan fingerprint density at radius 3 is 2.24 bits per heavy atom. The van der Waals surface area contributed by atoms with Crippen LogP contribution in [0.25, 0.3) is 0 Å². The third-order valence-corrected chi connectivity index (χ3v) is 5.47. The lowest BCUT2D eigenvalue weighted by Gasteiger charge is -2.27. The molecule has 1 atom stereocenters. The van der Waals surface area contributed by atoms with Crippen LogP contribution >= 0.6 is 0 Å². The van der Waals surface area contributed by atoms with E-state index in [4.69, 9.17) is 9.47 Å². The van der Waals surface area contributed by atoms with E-state index in [9.17, 15) is 19.2 Å². The molecule has 0 aliphatic carbocycles. The molecule has 4 rings (SSSR count). The Kier molecular flexibility index (Phi) is 6.55. The van der Waals surface area contributed by atoms with Crippen LogP contribution in [0.2, 0.25) is 0 Å².